The summed E-state index contributed by atoms with van der Waals surface area (Å²) in [5.41, 5.74) is 6.39. The zero-order valence-corrected chi connectivity index (χ0v) is 17.6. The van der Waals surface area contributed by atoms with Gasteiger partial charge in [0.25, 0.3) is 0 Å². The molecule has 0 unspecified atom stereocenters. The minimum atomic E-state index is -0.467. The molecular formula is C22H20ClN3O3S. The van der Waals surface area contributed by atoms with Crippen LogP contribution >= 0.6 is 22.9 Å². The summed E-state index contributed by atoms with van der Waals surface area (Å²) < 4.78 is 5.99. The first-order valence-electron chi connectivity index (χ1n) is 9.54. The van der Waals surface area contributed by atoms with Crippen LogP contribution in [0, 0.1) is 0 Å². The molecule has 0 aliphatic carbocycles. The van der Waals surface area contributed by atoms with Gasteiger partial charge < -0.3 is 4.74 Å². The SMILES string of the molecule is O=C(CCCc1cccs1)NNC(=O)N1Cc2ccccc2Oc2ccc(Cl)cc21. The highest BCUT2D eigenvalue weighted by Gasteiger charge is 2.26. The van der Waals surface area contributed by atoms with E-state index in [1.807, 2.05) is 41.8 Å². The number of fused-ring (bicyclic) bond motifs is 2. The van der Waals surface area contributed by atoms with Crippen molar-refractivity contribution >= 4 is 40.6 Å². The first-order chi connectivity index (χ1) is 14.6. The van der Waals surface area contributed by atoms with Crippen LogP contribution in [-0.4, -0.2) is 11.9 Å². The fraction of sp³-hybridized carbons (Fsp3) is 0.182. The third-order valence-corrected chi connectivity index (χ3v) is 5.87. The second kappa shape index (κ2) is 9.19. The number of benzene rings is 2. The molecule has 0 saturated heterocycles. The average Bonchev–Trinajstić information content (AvgIpc) is 3.20. The van der Waals surface area contributed by atoms with E-state index >= 15 is 0 Å². The molecule has 0 radical (unpaired) electrons. The molecule has 0 saturated carbocycles. The Morgan fingerprint density at radius 3 is 2.77 bits per heavy atom. The highest BCUT2D eigenvalue weighted by molar-refractivity contribution is 7.09. The van der Waals surface area contributed by atoms with Crippen molar-refractivity contribution in [3.8, 4) is 11.5 Å². The Bertz CT molecular complexity index is 1060. The number of ether oxygens (including phenoxy) is 1. The lowest BCUT2D eigenvalue weighted by molar-refractivity contribution is -0.121. The number of thiophene rings is 1. The number of carbonyl (C=O) groups is 2. The van der Waals surface area contributed by atoms with Crippen molar-refractivity contribution in [2.75, 3.05) is 4.90 Å². The minimum Gasteiger partial charge on any atom is -0.455 e. The first kappa shape index (κ1) is 20.3. The van der Waals surface area contributed by atoms with Crippen molar-refractivity contribution in [3.63, 3.8) is 0 Å². The van der Waals surface area contributed by atoms with Gasteiger partial charge >= 0.3 is 6.03 Å². The number of nitrogens with zero attached hydrogens (tertiary/aromatic N) is 1. The number of hydrazine groups is 1. The second-order valence-corrected chi connectivity index (χ2v) is 8.29. The number of hydrogen-bond donors (Lipinski definition) is 2. The van der Waals surface area contributed by atoms with E-state index in [2.05, 4.69) is 10.9 Å². The van der Waals surface area contributed by atoms with E-state index in [0.29, 0.717) is 35.1 Å². The Hall–Kier alpha value is -3.03. The summed E-state index contributed by atoms with van der Waals surface area (Å²) in [7, 11) is 0. The number of amides is 3. The Morgan fingerprint density at radius 2 is 1.93 bits per heavy atom. The number of hydrogen-bond acceptors (Lipinski definition) is 4. The molecule has 0 atom stereocenters. The molecule has 3 amide bonds. The van der Waals surface area contributed by atoms with E-state index in [1.54, 1.807) is 29.5 Å². The molecule has 6 nitrogen and oxygen atoms in total. The number of aryl methyl sites for hydroxylation is 1. The molecule has 1 aliphatic rings. The lowest BCUT2D eigenvalue weighted by atomic mass is 10.2. The van der Waals surface area contributed by atoms with Crippen LogP contribution in [0.2, 0.25) is 5.02 Å². The maximum Gasteiger partial charge on any atom is 0.341 e. The topological polar surface area (TPSA) is 70.7 Å². The van der Waals surface area contributed by atoms with E-state index in [1.165, 1.54) is 9.78 Å². The number of rotatable bonds is 4. The summed E-state index contributed by atoms with van der Waals surface area (Å²) in [6, 6.07) is 16.2. The van der Waals surface area contributed by atoms with E-state index < -0.39 is 6.03 Å². The Kier molecular flexibility index (Phi) is 6.21. The van der Waals surface area contributed by atoms with Crippen LogP contribution in [0.5, 0.6) is 11.5 Å². The van der Waals surface area contributed by atoms with E-state index in [4.69, 9.17) is 16.3 Å². The average molecular weight is 442 g/mol. The molecule has 1 aliphatic heterocycles. The highest BCUT2D eigenvalue weighted by Crippen LogP contribution is 2.40. The molecule has 154 valence electrons. The summed E-state index contributed by atoms with van der Waals surface area (Å²) >= 11 is 7.83. The van der Waals surface area contributed by atoms with Crippen LogP contribution in [0.4, 0.5) is 10.5 Å². The van der Waals surface area contributed by atoms with Crippen molar-refractivity contribution in [1.29, 1.82) is 0 Å². The monoisotopic (exact) mass is 441 g/mol. The molecule has 30 heavy (non-hydrogen) atoms. The van der Waals surface area contributed by atoms with Crippen molar-refractivity contribution in [2.45, 2.75) is 25.8 Å². The largest absolute Gasteiger partial charge is 0.455 e. The van der Waals surface area contributed by atoms with Crippen LogP contribution in [0.25, 0.3) is 0 Å². The Labute approximate surface area is 183 Å². The number of nitrogens with one attached hydrogen (secondary N) is 2. The smallest absolute Gasteiger partial charge is 0.341 e. The molecule has 2 aromatic carbocycles. The number of halogens is 1. The van der Waals surface area contributed by atoms with E-state index in [9.17, 15) is 9.59 Å². The number of anilines is 1. The maximum absolute atomic E-state index is 12.9. The molecule has 0 fully saturated rings. The lowest BCUT2D eigenvalue weighted by Gasteiger charge is -2.22. The van der Waals surface area contributed by atoms with Crippen molar-refractivity contribution in [1.82, 2.24) is 10.9 Å². The summed E-state index contributed by atoms with van der Waals surface area (Å²) in [6.45, 7) is 0.281. The lowest BCUT2D eigenvalue weighted by Crippen LogP contribution is -2.48. The fourth-order valence-corrected chi connectivity index (χ4v) is 4.13. The molecule has 8 heteroatoms. The van der Waals surface area contributed by atoms with Crippen molar-refractivity contribution < 1.29 is 14.3 Å². The fourth-order valence-electron chi connectivity index (χ4n) is 3.21. The molecule has 0 bridgehead atoms. The number of para-hydroxylation sites is 1. The standard InChI is InChI=1S/C22H20ClN3O3S/c23-16-10-11-20-18(13-16)26(14-15-5-1-2-8-19(15)29-20)22(28)25-24-21(27)9-3-6-17-7-4-12-30-17/h1-2,4-5,7-8,10-13H,3,6,9,14H2,(H,24,27)(H,25,28). The van der Waals surface area contributed by atoms with Crippen LogP contribution in [0.1, 0.15) is 23.3 Å². The van der Waals surface area contributed by atoms with Gasteiger partial charge in [-0.05, 0) is 48.6 Å². The van der Waals surface area contributed by atoms with E-state index in [-0.39, 0.29) is 12.5 Å². The number of urea groups is 1. The van der Waals surface area contributed by atoms with Gasteiger partial charge in [-0.15, -0.1) is 11.3 Å². The van der Waals surface area contributed by atoms with Gasteiger partial charge in [-0.2, -0.15) is 0 Å². The summed E-state index contributed by atoms with van der Waals surface area (Å²) in [4.78, 5) is 27.8. The minimum absolute atomic E-state index is 0.238. The van der Waals surface area contributed by atoms with Crippen LogP contribution < -0.4 is 20.5 Å². The molecule has 1 aromatic heterocycles. The van der Waals surface area contributed by atoms with Gasteiger partial charge in [-0.3, -0.25) is 15.1 Å². The van der Waals surface area contributed by atoms with Crippen molar-refractivity contribution in [3.05, 3.63) is 75.4 Å². The zero-order chi connectivity index (χ0) is 20.9. The second-order valence-electron chi connectivity index (χ2n) is 6.82. The first-order valence-corrected chi connectivity index (χ1v) is 10.8. The van der Waals surface area contributed by atoms with Gasteiger partial charge in [-0.1, -0.05) is 35.9 Å². The molecule has 2 heterocycles. The number of carbonyl (C=O) groups excluding carboxylic acids is 2. The summed E-state index contributed by atoms with van der Waals surface area (Å²) in [5, 5.41) is 2.50. The maximum atomic E-state index is 12.9. The Morgan fingerprint density at radius 1 is 1.07 bits per heavy atom. The van der Waals surface area contributed by atoms with E-state index in [0.717, 1.165) is 12.0 Å². The molecule has 3 aromatic rings. The van der Waals surface area contributed by atoms with Gasteiger partial charge in [0.05, 0.1) is 12.2 Å². The molecule has 2 N–H and O–H groups in total. The van der Waals surface area contributed by atoms with Gasteiger partial charge in [0.1, 0.15) is 5.75 Å². The summed E-state index contributed by atoms with van der Waals surface area (Å²) in [6.07, 6.45) is 1.88. The predicted octanol–water partition coefficient (Wildman–Crippen LogP) is 5.28. The third-order valence-electron chi connectivity index (χ3n) is 4.69. The molecule has 0 spiro atoms. The molecular weight excluding hydrogens is 422 g/mol. The normalized spacial score (nSPS) is 12.2. The van der Waals surface area contributed by atoms with Crippen LogP contribution in [0.3, 0.4) is 0 Å². The Balaban J connectivity index is 1.42. The van der Waals surface area contributed by atoms with Gasteiger partial charge in [0.2, 0.25) is 5.91 Å². The summed E-state index contributed by atoms with van der Waals surface area (Å²) in [5.74, 6) is 0.952. The quantitative estimate of drug-likeness (QED) is 0.541. The van der Waals surface area contributed by atoms with Crippen LogP contribution in [0.15, 0.2) is 60.0 Å². The predicted molar refractivity (Wildman–Crippen MR) is 118 cm³/mol. The van der Waals surface area contributed by atoms with Gasteiger partial charge in [0.15, 0.2) is 5.75 Å². The third kappa shape index (κ3) is 4.75. The van der Waals surface area contributed by atoms with Gasteiger partial charge in [0, 0.05) is 21.9 Å². The van der Waals surface area contributed by atoms with Gasteiger partial charge in [-0.25, -0.2) is 10.2 Å². The zero-order valence-electron chi connectivity index (χ0n) is 16.1. The van der Waals surface area contributed by atoms with Crippen molar-refractivity contribution in [2.24, 2.45) is 0 Å². The highest BCUT2D eigenvalue weighted by atomic mass is 35.5. The van der Waals surface area contributed by atoms with Crippen LogP contribution in [-0.2, 0) is 17.8 Å². The molecule has 4 rings (SSSR count).